The highest BCUT2D eigenvalue weighted by atomic mass is 32.2. The maximum absolute atomic E-state index is 12.8. The molecule has 1 atom stereocenters. The van der Waals surface area contributed by atoms with Gasteiger partial charge in [-0.3, -0.25) is 4.79 Å². The number of hydrogen-bond acceptors (Lipinski definition) is 4. The van der Waals surface area contributed by atoms with Crippen LogP contribution in [-0.2, 0) is 26.0 Å². The number of rotatable bonds is 10. The lowest BCUT2D eigenvalue weighted by molar-refractivity contribution is -0.144. The van der Waals surface area contributed by atoms with Crippen LogP contribution in [0.15, 0.2) is 59.5 Å². The number of carbonyl (C=O) groups excluding carboxylic acids is 1. The van der Waals surface area contributed by atoms with E-state index in [1.54, 1.807) is 24.3 Å². The van der Waals surface area contributed by atoms with Crippen LogP contribution in [0, 0.1) is 12.8 Å². The van der Waals surface area contributed by atoms with Gasteiger partial charge in [0.25, 0.3) is 0 Å². The Morgan fingerprint density at radius 2 is 1.68 bits per heavy atom. The molecule has 0 aromatic heterocycles. The summed E-state index contributed by atoms with van der Waals surface area (Å²) in [5.74, 6) is 0.106. The lowest BCUT2D eigenvalue weighted by Crippen LogP contribution is -2.40. The third kappa shape index (κ3) is 7.44. The highest BCUT2D eigenvalue weighted by Crippen LogP contribution is 2.13. The number of ether oxygens (including phenoxy) is 1. The number of benzene rings is 2. The number of carbonyl (C=O) groups is 1. The molecule has 5 nitrogen and oxygen atoms in total. The molecule has 0 aliphatic rings. The summed E-state index contributed by atoms with van der Waals surface area (Å²) in [5.41, 5.74) is 1.95. The molecule has 0 aliphatic carbocycles. The van der Waals surface area contributed by atoms with Crippen LogP contribution in [0.4, 0.5) is 0 Å². The molecule has 0 saturated carbocycles. The molecule has 2 rings (SSSR count). The predicted molar refractivity (Wildman–Crippen MR) is 110 cm³/mol. The van der Waals surface area contributed by atoms with Crippen molar-refractivity contribution in [3.8, 4) is 0 Å². The standard InChI is InChI=1S/C22H29NO4S/c1-17(2)9-14-22(24)27-16-20(15-19-7-5-4-6-8-19)23-28(25,26)21-12-10-18(3)11-13-21/h4-8,10-13,17,20,23H,9,14-16H2,1-3H3/t20-/m0/s1. The smallest absolute Gasteiger partial charge is 0.305 e. The Kier molecular flexibility index (Phi) is 8.20. The van der Waals surface area contributed by atoms with Gasteiger partial charge in [-0.15, -0.1) is 0 Å². The Labute approximate surface area is 168 Å². The quantitative estimate of drug-likeness (QED) is 0.612. The van der Waals surface area contributed by atoms with Crippen LogP contribution in [-0.4, -0.2) is 27.0 Å². The second kappa shape index (κ2) is 10.4. The fourth-order valence-electron chi connectivity index (χ4n) is 2.71. The molecular formula is C22H29NO4S. The number of nitrogens with one attached hydrogen (secondary N) is 1. The van der Waals surface area contributed by atoms with Crippen molar-refractivity contribution in [1.29, 1.82) is 0 Å². The summed E-state index contributed by atoms with van der Waals surface area (Å²) in [6, 6.07) is 15.7. The normalized spacial score (nSPS) is 12.7. The second-order valence-electron chi connectivity index (χ2n) is 7.44. The lowest BCUT2D eigenvalue weighted by atomic mass is 10.1. The van der Waals surface area contributed by atoms with Gasteiger partial charge in [-0.05, 0) is 43.4 Å². The van der Waals surface area contributed by atoms with Gasteiger partial charge < -0.3 is 4.74 Å². The molecule has 0 bridgehead atoms. The molecule has 2 aromatic rings. The van der Waals surface area contributed by atoms with Crippen molar-refractivity contribution >= 4 is 16.0 Å². The van der Waals surface area contributed by atoms with Gasteiger partial charge in [-0.25, -0.2) is 13.1 Å². The van der Waals surface area contributed by atoms with Crippen LogP contribution in [0.3, 0.4) is 0 Å². The fourth-order valence-corrected chi connectivity index (χ4v) is 3.93. The third-order valence-corrected chi connectivity index (χ3v) is 5.89. The van der Waals surface area contributed by atoms with E-state index in [0.717, 1.165) is 17.5 Å². The van der Waals surface area contributed by atoms with E-state index in [0.29, 0.717) is 18.8 Å². The molecule has 2 aromatic carbocycles. The molecule has 0 fully saturated rings. The summed E-state index contributed by atoms with van der Waals surface area (Å²) in [4.78, 5) is 12.2. The first-order valence-electron chi connectivity index (χ1n) is 9.55. The number of hydrogen-bond donors (Lipinski definition) is 1. The van der Waals surface area contributed by atoms with Gasteiger partial charge in [0.15, 0.2) is 0 Å². The monoisotopic (exact) mass is 403 g/mol. The predicted octanol–water partition coefficient (Wildman–Crippen LogP) is 3.86. The van der Waals surface area contributed by atoms with Crippen molar-refractivity contribution in [1.82, 2.24) is 4.72 Å². The minimum Gasteiger partial charge on any atom is -0.464 e. The summed E-state index contributed by atoms with van der Waals surface area (Å²) < 4.78 is 33.6. The van der Waals surface area contributed by atoms with Gasteiger partial charge in [0.1, 0.15) is 6.61 Å². The molecular weight excluding hydrogens is 374 g/mol. The van der Waals surface area contributed by atoms with E-state index >= 15 is 0 Å². The van der Waals surface area contributed by atoms with E-state index in [1.165, 1.54) is 0 Å². The van der Waals surface area contributed by atoms with Crippen molar-refractivity contribution in [2.45, 2.75) is 51.0 Å². The summed E-state index contributed by atoms with van der Waals surface area (Å²) in [7, 11) is -3.71. The molecule has 28 heavy (non-hydrogen) atoms. The van der Waals surface area contributed by atoms with Gasteiger partial charge in [0.05, 0.1) is 10.9 Å². The van der Waals surface area contributed by atoms with E-state index in [4.69, 9.17) is 4.74 Å². The molecule has 0 aliphatic heterocycles. The van der Waals surface area contributed by atoms with Gasteiger partial charge in [0.2, 0.25) is 10.0 Å². The average molecular weight is 404 g/mol. The van der Waals surface area contributed by atoms with E-state index in [-0.39, 0.29) is 17.5 Å². The molecule has 6 heteroatoms. The lowest BCUT2D eigenvalue weighted by Gasteiger charge is -2.19. The van der Waals surface area contributed by atoms with Gasteiger partial charge >= 0.3 is 5.97 Å². The zero-order chi connectivity index (χ0) is 20.6. The van der Waals surface area contributed by atoms with Crippen molar-refractivity contribution in [3.63, 3.8) is 0 Å². The van der Waals surface area contributed by atoms with Crippen LogP contribution in [0.2, 0.25) is 0 Å². The number of sulfonamides is 1. The van der Waals surface area contributed by atoms with E-state index < -0.39 is 16.1 Å². The van der Waals surface area contributed by atoms with E-state index in [9.17, 15) is 13.2 Å². The molecule has 0 amide bonds. The van der Waals surface area contributed by atoms with Crippen LogP contribution in [0.5, 0.6) is 0 Å². The largest absolute Gasteiger partial charge is 0.464 e. The number of esters is 1. The van der Waals surface area contributed by atoms with Gasteiger partial charge in [0, 0.05) is 6.42 Å². The van der Waals surface area contributed by atoms with Crippen LogP contribution in [0.25, 0.3) is 0 Å². The zero-order valence-electron chi connectivity index (χ0n) is 16.7. The minimum atomic E-state index is -3.71. The molecule has 0 radical (unpaired) electrons. The van der Waals surface area contributed by atoms with Crippen molar-refractivity contribution in [2.75, 3.05) is 6.61 Å². The topological polar surface area (TPSA) is 72.5 Å². The summed E-state index contributed by atoms with van der Waals surface area (Å²) in [6.45, 7) is 5.98. The van der Waals surface area contributed by atoms with Crippen LogP contribution < -0.4 is 4.72 Å². The highest BCUT2D eigenvalue weighted by molar-refractivity contribution is 7.89. The van der Waals surface area contributed by atoms with E-state index in [1.807, 2.05) is 51.1 Å². The molecule has 152 valence electrons. The first-order chi connectivity index (χ1) is 13.3. The maximum atomic E-state index is 12.8. The zero-order valence-corrected chi connectivity index (χ0v) is 17.5. The van der Waals surface area contributed by atoms with Crippen LogP contribution >= 0.6 is 0 Å². The first kappa shape index (κ1) is 22.1. The maximum Gasteiger partial charge on any atom is 0.305 e. The molecule has 0 spiro atoms. The molecule has 1 N–H and O–H groups in total. The Morgan fingerprint density at radius 3 is 2.29 bits per heavy atom. The Balaban J connectivity index is 2.08. The van der Waals surface area contributed by atoms with E-state index in [2.05, 4.69) is 4.72 Å². The minimum absolute atomic E-state index is 0.00306. The van der Waals surface area contributed by atoms with Crippen molar-refractivity contribution in [2.24, 2.45) is 5.92 Å². The van der Waals surface area contributed by atoms with Crippen LogP contribution in [0.1, 0.15) is 37.8 Å². The van der Waals surface area contributed by atoms with Gasteiger partial charge in [-0.1, -0.05) is 61.9 Å². The molecule has 0 saturated heterocycles. The summed E-state index contributed by atoms with van der Waals surface area (Å²) in [5, 5.41) is 0. The Bertz CT molecular complexity index is 846. The first-order valence-corrected chi connectivity index (χ1v) is 11.0. The SMILES string of the molecule is Cc1ccc(S(=O)(=O)N[C@H](COC(=O)CCC(C)C)Cc2ccccc2)cc1. The van der Waals surface area contributed by atoms with Crippen molar-refractivity contribution < 1.29 is 17.9 Å². The third-order valence-electron chi connectivity index (χ3n) is 4.35. The number of aryl methyl sites for hydroxylation is 1. The Hall–Kier alpha value is -2.18. The second-order valence-corrected chi connectivity index (χ2v) is 9.15. The fraction of sp³-hybridized carbons (Fsp3) is 0.409. The highest BCUT2D eigenvalue weighted by Gasteiger charge is 2.22. The summed E-state index contributed by atoms with van der Waals surface area (Å²) in [6.07, 6.45) is 1.51. The Morgan fingerprint density at radius 1 is 1.04 bits per heavy atom. The molecule has 0 unspecified atom stereocenters. The summed E-state index contributed by atoms with van der Waals surface area (Å²) >= 11 is 0. The average Bonchev–Trinajstić information content (AvgIpc) is 2.65. The molecule has 0 heterocycles. The van der Waals surface area contributed by atoms with Crippen molar-refractivity contribution in [3.05, 3.63) is 65.7 Å². The van der Waals surface area contributed by atoms with Gasteiger partial charge in [-0.2, -0.15) is 0 Å².